The monoisotopic (exact) mass is 531 g/mol. The van der Waals surface area contributed by atoms with Crippen LogP contribution in [0, 0.1) is 0 Å². The second-order valence-corrected chi connectivity index (χ2v) is 10.0. The van der Waals surface area contributed by atoms with Crippen molar-refractivity contribution in [3.8, 4) is 22.3 Å². The number of para-hydroxylation sites is 2. The van der Waals surface area contributed by atoms with Crippen LogP contribution >= 0.6 is 0 Å². The molecule has 2 N–H and O–H groups in total. The van der Waals surface area contributed by atoms with E-state index >= 15 is 0 Å². The van der Waals surface area contributed by atoms with Gasteiger partial charge < -0.3 is 19.4 Å². The molecule has 196 valence electrons. The number of furan rings is 1. The lowest BCUT2D eigenvalue weighted by Crippen LogP contribution is -2.29. The maximum absolute atomic E-state index is 10.0. The zero-order chi connectivity index (χ0) is 27.8. The molecule has 7 aromatic rings. The van der Waals surface area contributed by atoms with Gasteiger partial charge in [-0.3, -0.25) is 0 Å². The van der Waals surface area contributed by atoms with E-state index in [0.717, 1.165) is 50.1 Å². The van der Waals surface area contributed by atoms with Crippen molar-refractivity contribution in [3.05, 3.63) is 146 Å². The minimum atomic E-state index is -1.63. The van der Waals surface area contributed by atoms with E-state index < -0.39 is 7.12 Å². The van der Waals surface area contributed by atoms with Crippen LogP contribution in [0.4, 0.5) is 17.1 Å². The second kappa shape index (κ2) is 10.5. The fourth-order valence-electron chi connectivity index (χ4n) is 5.50. The van der Waals surface area contributed by atoms with E-state index in [2.05, 4.69) is 77.7 Å². The van der Waals surface area contributed by atoms with E-state index in [0.29, 0.717) is 16.6 Å². The first-order chi connectivity index (χ1) is 20.2. The first-order valence-electron chi connectivity index (χ1n) is 13.6. The highest BCUT2D eigenvalue weighted by molar-refractivity contribution is 6.61. The highest BCUT2D eigenvalue weighted by Crippen LogP contribution is 2.42. The van der Waals surface area contributed by atoms with Crippen molar-refractivity contribution in [1.29, 1.82) is 0 Å². The first kappa shape index (κ1) is 24.9. The molecular formula is C36H26BNO3. The zero-order valence-corrected chi connectivity index (χ0v) is 22.2. The van der Waals surface area contributed by atoms with Crippen molar-refractivity contribution in [2.75, 3.05) is 4.90 Å². The Labute approximate surface area is 238 Å². The van der Waals surface area contributed by atoms with Crippen LogP contribution in [0.5, 0.6) is 0 Å². The number of anilines is 3. The molecule has 0 fully saturated rings. The molecule has 0 aliphatic carbocycles. The third kappa shape index (κ3) is 4.57. The molecule has 0 spiro atoms. The van der Waals surface area contributed by atoms with Crippen LogP contribution < -0.4 is 10.4 Å². The van der Waals surface area contributed by atoms with Crippen LogP contribution in [0.2, 0.25) is 0 Å². The predicted octanol–water partition coefficient (Wildman–Crippen LogP) is 8.07. The van der Waals surface area contributed by atoms with Crippen molar-refractivity contribution >= 4 is 51.6 Å². The van der Waals surface area contributed by atoms with Gasteiger partial charge in [-0.05, 0) is 52.6 Å². The predicted molar refractivity (Wildman–Crippen MR) is 169 cm³/mol. The summed E-state index contributed by atoms with van der Waals surface area (Å²) in [6, 6.07) is 49.2. The smallest absolute Gasteiger partial charge is 0.454 e. The summed E-state index contributed by atoms with van der Waals surface area (Å²) in [4.78, 5) is 2.18. The van der Waals surface area contributed by atoms with E-state index in [1.807, 2.05) is 66.7 Å². The maximum atomic E-state index is 10.0. The van der Waals surface area contributed by atoms with Gasteiger partial charge in [-0.1, -0.05) is 115 Å². The first-order valence-corrected chi connectivity index (χ1v) is 13.6. The van der Waals surface area contributed by atoms with Crippen LogP contribution in [0.1, 0.15) is 0 Å². The molecule has 4 nitrogen and oxygen atoms in total. The van der Waals surface area contributed by atoms with Gasteiger partial charge in [0.15, 0.2) is 5.58 Å². The molecule has 1 aromatic heterocycles. The molecule has 0 unspecified atom stereocenters. The summed E-state index contributed by atoms with van der Waals surface area (Å²) in [7, 11) is -1.63. The summed E-state index contributed by atoms with van der Waals surface area (Å²) in [5.74, 6) is 0. The number of rotatable bonds is 6. The minimum absolute atomic E-state index is 0.343. The molecule has 0 saturated heterocycles. The fourth-order valence-corrected chi connectivity index (χ4v) is 5.50. The van der Waals surface area contributed by atoms with Crippen molar-refractivity contribution in [2.45, 2.75) is 0 Å². The molecule has 6 aromatic carbocycles. The summed E-state index contributed by atoms with van der Waals surface area (Å²) < 4.78 is 6.42. The van der Waals surface area contributed by atoms with Gasteiger partial charge in [0.05, 0.1) is 5.69 Å². The van der Waals surface area contributed by atoms with Crippen molar-refractivity contribution in [1.82, 2.24) is 0 Å². The van der Waals surface area contributed by atoms with Gasteiger partial charge in [-0.15, -0.1) is 0 Å². The third-order valence-electron chi connectivity index (χ3n) is 7.52. The Morgan fingerprint density at radius 1 is 0.439 bits per heavy atom. The van der Waals surface area contributed by atoms with E-state index in [1.165, 1.54) is 0 Å². The lowest BCUT2D eigenvalue weighted by molar-refractivity contribution is 0.425. The van der Waals surface area contributed by atoms with Crippen LogP contribution in [0.15, 0.2) is 150 Å². The summed E-state index contributed by atoms with van der Waals surface area (Å²) in [6.45, 7) is 0. The molecule has 7 rings (SSSR count). The summed E-state index contributed by atoms with van der Waals surface area (Å²) >= 11 is 0. The zero-order valence-electron chi connectivity index (χ0n) is 22.2. The molecule has 0 saturated carbocycles. The molecule has 5 heteroatoms. The standard InChI is InChI=1S/C36H26BNO3/c39-37(40)33-15-7-13-31-32-14-8-16-34(36(32)41-35(31)33)38(29-21-17-27(18-22-29)25-9-3-1-4-10-25)30-23-19-28(20-24-30)26-11-5-2-6-12-26/h1-24,39-40H. The number of hydrogen-bond acceptors (Lipinski definition) is 4. The number of hydrogen-bond donors (Lipinski definition) is 2. The minimum Gasteiger partial charge on any atom is -0.454 e. The summed E-state index contributed by atoms with van der Waals surface area (Å²) in [6.07, 6.45) is 0. The van der Waals surface area contributed by atoms with Crippen LogP contribution in [-0.2, 0) is 0 Å². The van der Waals surface area contributed by atoms with Gasteiger partial charge >= 0.3 is 7.12 Å². The molecule has 0 bridgehead atoms. The maximum Gasteiger partial charge on any atom is 0.492 e. The third-order valence-corrected chi connectivity index (χ3v) is 7.52. The van der Waals surface area contributed by atoms with Gasteiger partial charge in [0, 0.05) is 27.6 Å². The molecule has 0 radical (unpaired) electrons. The molecule has 0 aliphatic heterocycles. The van der Waals surface area contributed by atoms with E-state index in [9.17, 15) is 10.0 Å². The summed E-state index contributed by atoms with van der Waals surface area (Å²) in [5.41, 5.74) is 8.90. The average molecular weight is 531 g/mol. The van der Waals surface area contributed by atoms with Crippen LogP contribution in [0.25, 0.3) is 44.2 Å². The van der Waals surface area contributed by atoms with E-state index in [1.54, 1.807) is 6.07 Å². The normalized spacial score (nSPS) is 11.2. The van der Waals surface area contributed by atoms with Crippen LogP contribution in [0.3, 0.4) is 0 Å². The molecule has 1 heterocycles. The fraction of sp³-hybridized carbons (Fsp3) is 0. The molecule has 41 heavy (non-hydrogen) atoms. The SMILES string of the molecule is OB(O)c1cccc2c1oc1c(N(c3ccc(-c4ccccc4)cc3)c3ccc(-c4ccccc4)cc3)cccc12. The van der Waals surface area contributed by atoms with E-state index in [-0.39, 0.29) is 0 Å². The Morgan fingerprint density at radius 2 is 0.902 bits per heavy atom. The second-order valence-electron chi connectivity index (χ2n) is 10.0. The number of fused-ring (bicyclic) bond motifs is 3. The Morgan fingerprint density at radius 3 is 1.41 bits per heavy atom. The molecular weight excluding hydrogens is 505 g/mol. The molecule has 0 aliphatic rings. The lowest BCUT2D eigenvalue weighted by Gasteiger charge is -2.26. The highest BCUT2D eigenvalue weighted by Gasteiger charge is 2.23. The Balaban J connectivity index is 1.41. The van der Waals surface area contributed by atoms with Gasteiger partial charge in [0.1, 0.15) is 5.58 Å². The topological polar surface area (TPSA) is 56.8 Å². The number of benzene rings is 6. The molecule has 0 atom stereocenters. The van der Waals surface area contributed by atoms with Crippen molar-refractivity contribution in [3.63, 3.8) is 0 Å². The van der Waals surface area contributed by atoms with E-state index in [4.69, 9.17) is 4.42 Å². The van der Waals surface area contributed by atoms with Gasteiger partial charge in [0.2, 0.25) is 0 Å². The Kier molecular flexibility index (Phi) is 6.36. The van der Waals surface area contributed by atoms with Crippen LogP contribution in [-0.4, -0.2) is 17.2 Å². The van der Waals surface area contributed by atoms with Gasteiger partial charge in [-0.25, -0.2) is 0 Å². The molecule has 0 amide bonds. The Hall–Kier alpha value is -5.10. The van der Waals surface area contributed by atoms with Crippen molar-refractivity contribution < 1.29 is 14.5 Å². The highest BCUT2D eigenvalue weighted by atomic mass is 16.4. The van der Waals surface area contributed by atoms with Gasteiger partial charge in [0.25, 0.3) is 0 Å². The largest absolute Gasteiger partial charge is 0.492 e. The Bertz CT molecular complexity index is 1870. The van der Waals surface area contributed by atoms with Gasteiger partial charge in [-0.2, -0.15) is 0 Å². The summed E-state index contributed by atoms with van der Waals surface area (Å²) in [5, 5.41) is 21.8. The number of nitrogens with zero attached hydrogens (tertiary/aromatic N) is 1. The lowest BCUT2D eigenvalue weighted by atomic mass is 9.79. The quantitative estimate of drug-likeness (QED) is 0.213. The van der Waals surface area contributed by atoms with Crippen molar-refractivity contribution in [2.24, 2.45) is 0 Å². The average Bonchev–Trinajstić information content (AvgIpc) is 3.42.